The average Bonchev–Trinajstić information content (AvgIpc) is 2.87. The van der Waals surface area contributed by atoms with E-state index in [2.05, 4.69) is 15.4 Å². The van der Waals surface area contributed by atoms with Crippen LogP contribution in [0.25, 0.3) is 0 Å². The summed E-state index contributed by atoms with van der Waals surface area (Å²) in [6.07, 6.45) is 1.20. The Hall–Kier alpha value is -1.95. The molecule has 1 amide bonds. The maximum atomic E-state index is 13.3. The van der Waals surface area contributed by atoms with Crippen LogP contribution in [0.15, 0.2) is 29.4 Å². The van der Waals surface area contributed by atoms with Crippen LogP contribution in [0, 0.1) is 5.82 Å². The Morgan fingerprint density at radius 3 is 2.95 bits per heavy atom. The number of oxime groups is 1. The van der Waals surface area contributed by atoms with E-state index in [-0.39, 0.29) is 11.7 Å². The van der Waals surface area contributed by atoms with Crippen molar-refractivity contribution in [3.8, 4) is 0 Å². The molecule has 0 radical (unpaired) electrons. The fraction of sp³-hybridized carbons (Fsp3) is 0.500. The van der Waals surface area contributed by atoms with Gasteiger partial charge in [0.15, 0.2) is 0 Å². The van der Waals surface area contributed by atoms with Crippen molar-refractivity contribution in [2.75, 3.05) is 27.2 Å². The Balaban J connectivity index is 1.90. The fourth-order valence-electron chi connectivity index (χ4n) is 2.27. The van der Waals surface area contributed by atoms with E-state index < -0.39 is 5.60 Å². The summed E-state index contributed by atoms with van der Waals surface area (Å²) in [6.45, 7) is 3.19. The van der Waals surface area contributed by atoms with Crippen molar-refractivity contribution in [2.45, 2.75) is 25.4 Å². The van der Waals surface area contributed by atoms with Gasteiger partial charge in [0.2, 0.25) is 5.60 Å². The lowest BCUT2D eigenvalue weighted by atomic mass is 9.95. The molecule has 0 aromatic heterocycles. The van der Waals surface area contributed by atoms with Gasteiger partial charge in [-0.1, -0.05) is 17.3 Å². The first kappa shape index (κ1) is 16.4. The molecule has 1 aromatic carbocycles. The molecule has 2 rings (SSSR count). The van der Waals surface area contributed by atoms with Crippen LogP contribution >= 0.6 is 0 Å². The van der Waals surface area contributed by atoms with Gasteiger partial charge in [-0.25, -0.2) is 4.39 Å². The second-order valence-electron chi connectivity index (χ2n) is 5.96. The van der Waals surface area contributed by atoms with Crippen molar-refractivity contribution >= 4 is 11.6 Å². The minimum atomic E-state index is -1.03. The van der Waals surface area contributed by atoms with Gasteiger partial charge in [-0.2, -0.15) is 0 Å². The second-order valence-corrected chi connectivity index (χ2v) is 5.96. The number of hydrogen-bond donors (Lipinski definition) is 1. The van der Waals surface area contributed by atoms with E-state index in [0.29, 0.717) is 24.2 Å². The number of halogens is 1. The van der Waals surface area contributed by atoms with Gasteiger partial charge >= 0.3 is 0 Å². The maximum absolute atomic E-state index is 13.3. The Bertz CT molecular complexity index is 574. The summed E-state index contributed by atoms with van der Waals surface area (Å²) in [5.41, 5.74) is 0.203. The third-order valence-corrected chi connectivity index (χ3v) is 3.57. The molecular weight excluding hydrogens is 285 g/mol. The van der Waals surface area contributed by atoms with Gasteiger partial charge in [0.1, 0.15) is 5.82 Å². The first-order valence-corrected chi connectivity index (χ1v) is 7.35. The molecule has 0 bridgehead atoms. The predicted octanol–water partition coefficient (Wildman–Crippen LogP) is 1.78. The van der Waals surface area contributed by atoms with Crippen molar-refractivity contribution in [3.05, 3.63) is 35.6 Å². The Labute approximate surface area is 130 Å². The van der Waals surface area contributed by atoms with Gasteiger partial charge in [0.25, 0.3) is 5.91 Å². The molecule has 1 atom stereocenters. The highest BCUT2D eigenvalue weighted by molar-refractivity contribution is 6.05. The van der Waals surface area contributed by atoms with Crippen LogP contribution < -0.4 is 5.32 Å². The van der Waals surface area contributed by atoms with Gasteiger partial charge in [-0.15, -0.1) is 0 Å². The lowest BCUT2D eigenvalue weighted by Gasteiger charge is -2.20. The van der Waals surface area contributed by atoms with E-state index in [1.807, 2.05) is 14.1 Å². The summed E-state index contributed by atoms with van der Waals surface area (Å²) in [5, 5.41) is 6.82. The molecule has 6 heteroatoms. The second kappa shape index (κ2) is 6.87. The maximum Gasteiger partial charge on any atom is 0.267 e. The molecule has 1 N–H and O–H groups in total. The van der Waals surface area contributed by atoms with Gasteiger partial charge < -0.3 is 15.1 Å². The molecule has 0 spiro atoms. The van der Waals surface area contributed by atoms with E-state index in [1.54, 1.807) is 19.1 Å². The third-order valence-electron chi connectivity index (χ3n) is 3.57. The molecular formula is C16H22FN3O2. The molecule has 5 nitrogen and oxygen atoms in total. The number of hydrogen-bond acceptors (Lipinski definition) is 4. The number of nitrogens with zero attached hydrogens (tertiary/aromatic N) is 2. The van der Waals surface area contributed by atoms with Crippen LogP contribution in [0.3, 0.4) is 0 Å². The van der Waals surface area contributed by atoms with Gasteiger partial charge in [-0.3, -0.25) is 4.79 Å². The highest BCUT2D eigenvalue weighted by Gasteiger charge is 2.42. The summed E-state index contributed by atoms with van der Waals surface area (Å²) in [4.78, 5) is 19.6. The van der Waals surface area contributed by atoms with Crippen LogP contribution in [0.1, 0.15) is 25.3 Å². The molecule has 0 aliphatic carbocycles. The summed E-state index contributed by atoms with van der Waals surface area (Å²) < 4.78 is 13.3. The average molecular weight is 307 g/mol. The Morgan fingerprint density at radius 2 is 2.27 bits per heavy atom. The first-order valence-electron chi connectivity index (χ1n) is 7.35. The molecule has 1 aliphatic heterocycles. The van der Waals surface area contributed by atoms with Crippen LogP contribution in [0.5, 0.6) is 0 Å². The molecule has 1 aliphatic rings. The minimum Gasteiger partial charge on any atom is -0.379 e. The largest absolute Gasteiger partial charge is 0.379 e. The number of carbonyl (C=O) groups is 1. The fourth-order valence-corrected chi connectivity index (χ4v) is 2.27. The van der Waals surface area contributed by atoms with Gasteiger partial charge in [0, 0.05) is 18.5 Å². The topological polar surface area (TPSA) is 53.9 Å². The number of nitrogens with one attached hydrogen (secondary N) is 1. The zero-order valence-electron chi connectivity index (χ0n) is 13.2. The zero-order valence-corrected chi connectivity index (χ0v) is 13.2. The number of benzene rings is 1. The van der Waals surface area contributed by atoms with E-state index in [1.165, 1.54) is 12.1 Å². The van der Waals surface area contributed by atoms with Crippen LogP contribution in [0.2, 0.25) is 0 Å². The normalized spacial score (nSPS) is 20.7. The van der Waals surface area contributed by atoms with Crippen LogP contribution in [-0.2, 0) is 9.63 Å². The van der Waals surface area contributed by atoms with E-state index >= 15 is 0 Å². The summed E-state index contributed by atoms with van der Waals surface area (Å²) in [7, 11) is 3.98. The lowest BCUT2D eigenvalue weighted by Crippen LogP contribution is -2.45. The number of carbonyl (C=O) groups excluding carboxylic acids is 1. The molecule has 0 fully saturated rings. The first-order chi connectivity index (χ1) is 10.4. The minimum absolute atomic E-state index is 0.193. The number of amides is 1. The Kier molecular flexibility index (Phi) is 5.13. The molecule has 22 heavy (non-hydrogen) atoms. The zero-order chi connectivity index (χ0) is 16.2. The Morgan fingerprint density at radius 1 is 1.50 bits per heavy atom. The van der Waals surface area contributed by atoms with E-state index in [9.17, 15) is 9.18 Å². The van der Waals surface area contributed by atoms with Crippen molar-refractivity contribution < 1.29 is 14.0 Å². The molecule has 1 unspecified atom stereocenters. The van der Waals surface area contributed by atoms with Crippen molar-refractivity contribution in [1.82, 2.24) is 10.2 Å². The highest BCUT2D eigenvalue weighted by atomic mass is 19.1. The van der Waals surface area contributed by atoms with Crippen molar-refractivity contribution in [3.63, 3.8) is 0 Å². The monoisotopic (exact) mass is 307 g/mol. The summed E-state index contributed by atoms with van der Waals surface area (Å²) in [5.74, 6) is -0.525. The van der Waals surface area contributed by atoms with Crippen LogP contribution in [-0.4, -0.2) is 49.3 Å². The van der Waals surface area contributed by atoms with Crippen LogP contribution in [0.4, 0.5) is 4.39 Å². The highest BCUT2D eigenvalue weighted by Crippen LogP contribution is 2.27. The lowest BCUT2D eigenvalue weighted by molar-refractivity contribution is -0.141. The molecule has 0 saturated carbocycles. The molecule has 1 aromatic rings. The molecule has 0 saturated heterocycles. The van der Waals surface area contributed by atoms with Crippen molar-refractivity contribution in [1.29, 1.82) is 0 Å². The number of rotatable bonds is 6. The summed E-state index contributed by atoms with van der Waals surface area (Å²) >= 11 is 0. The van der Waals surface area contributed by atoms with E-state index in [0.717, 1.165) is 13.0 Å². The quantitative estimate of drug-likeness (QED) is 0.815. The van der Waals surface area contributed by atoms with Gasteiger partial charge in [-0.05, 0) is 46.1 Å². The molecule has 120 valence electrons. The standard InChI is InChI=1S/C16H22FN3O2/c1-16(15(21)18-8-5-9-20(2)3)11-14(19-22-16)12-6-4-7-13(17)10-12/h4,6-7,10H,5,8-9,11H2,1-3H3,(H,18,21). The smallest absolute Gasteiger partial charge is 0.267 e. The van der Waals surface area contributed by atoms with E-state index in [4.69, 9.17) is 4.84 Å². The third kappa shape index (κ3) is 4.04. The van der Waals surface area contributed by atoms with Crippen molar-refractivity contribution in [2.24, 2.45) is 5.16 Å². The molecule has 1 heterocycles. The SMILES string of the molecule is CN(C)CCCNC(=O)C1(C)CC(c2cccc(F)c2)=NO1. The predicted molar refractivity (Wildman–Crippen MR) is 83.2 cm³/mol. The van der Waals surface area contributed by atoms with Gasteiger partial charge in [0.05, 0.1) is 5.71 Å². The summed E-state index contributed by atoms with van der Waals surface area (Å²) in [6, 6.07) is 6.13.